The van der Waals surface area contributed by atoms with Gasteiger partial charge in [0.25, 0.3) is 5.91 Å². The van der Waals surface area contributed by atoms with Crippen LogP contribution in [0.15, 0.2) is 0 Å². The molecule has 2 atom stereocenters. The fourth-order valence-electron chi connectivity index (χ4n) is 2.34. The van der Waals surface area contributed by atoms with Gasteiger partial charge in [0, 0.05) is 6.04 Å². The van der Waals surface area contributed by atoms with Gasteiger partial charge in [0.2, 0.25) is 9.47 Å². The first kappa shape index (κ1) is 12.8. The van der Waals surface area contributed by atoms with Crippen molar-refractivity contribution in [3.05, 3.63) is 9.47 Å². The first-order valence-electron chi connectivity index (χ1n) is 5.99. The van der Waals surface area contributed by atoms with Crippen LogP contribution in [0.5, 0.6) is 0 Å². The van der Waals surface area contributed by atoms with Crippen LogP contribution in [-0.2, 0) is 0 Å². The van der Waals surface area contributed by atoms with Crippen molar-refractivity contribution in [2.45, 2.75) is 45.1 Å². The van der Waals surface area contributed by atoms with Crippen LogP contribution < -0.4 is 5.32 Å². The van der Waals surface area contributed by atoms with E-state index >= 15 is 0 Å². The number of rotatable bonds is 3. The molecular weight excluding hydrogens is 258 g/mol. The van der Waals surface area contributed by atoms with E-state index in [-0.39, 0.29) is 11.9 Å². The van der Waals surface area contributed by atoms with E-state index in [1.165, 1.54) is 19.3 Å². The average molecular weight is 274 g/mol. The molecule has 1 aliphatic rings. The zero-order chi connectivity index (χ0) is 12.3. The number of nitrogens with zero attached hydrogens (tertiary/aromatic N) is 2. The molecule has 1 fully saturated rings. The molecule has 1 heterocycles. The fraction of sp³-hybridized carbons (Fsp3) is 0.727. The Morgan fingerprint density at radius 3 is 3.00 bits per heavy atom. The highest BCUT2D eigenvalue weighted by Gasteiger charge is 2.23. The van der Waals surface area contributed by atoms with E-state index in [4.69, 9.17) is 11.6 Å². The third-order valence-corrected chi connectivity index (χ3v) is 4.31. The summed E-state index contributed by atoms with van der Waals surface area (Å²) in [6.07, 6.45) is 5.81. The number of nitrogens with one attached hydrogen (secondary N) is 1. The zero-order valence-corrected chi connectivity index (χ0v) is 11.4. The second kappa shape index (κ2) is 5.78. The molecule has 17 heavy (non-hydrogen) atoms. The maximum atomic E-state index is 11.9. The van der Waals surface area contributed by atoms with Crippen LogP contribution in [0.25, 0.3) is 0 Å². The highest BCUT2D eigenvalue weighted by Crippen LogP contribution is 2.26. The van der Waals surface area contributed by atoms with Crippen molar-refractivity contribution in [1.29, 1.82) is 0 Å². The van der Waals surface area contributed by atoms with Crippen LogP contribution in [-0.4, -0.2) is 22.1 Å². The van der Waals surface area contributed by atoms with E-state index in [2.05, 4.69) is 22.4 Å². The van der Waals surface area contributed by atoms with E-state index < -0.39 is 0 Å². The van der Waals surface area contributed by atoms with Gasteiger partial charge in [-0.25, -0.2) is 0 Å². The van der Waals surface area contributed by atoms with Gasteiger partial charge in [-0.1, -0.05) is 37.5 Å². The summed E-state index contributed by atoms with van der Waals surface area (Å²) in [6, 6.07) is 0.281. The zero-order valence-electron chi connectivity index (χ0n) is 9.78. The van der Waals surface area contributed by atoms with Crippen molar-refractivity contribution in [1.82, 2.24) is 15.5 Å². The van der Waals surface area contributed by atoms with E-state index in [9.17, 15) is 4.79 Å². The number of carbonyl (C=O) groups excluding carboxylic acids is 1. The Labute approximate surface area is 110 Å². The van der Waals surface area contributed by atoms with Crippen molar-refractivity contribution < 1.29 is 4.79 Å². The Morgan fingerprint density at radius 2 is 2.35 bits per heavy atom. The second-order valence-corrected chi connectivity index (χ2v) is 6.03. The lowest BCUT2D eigenvalue weighted by molar-refractivity contribution is 0.0918. The Kier molecular flexibility index (Phi) is 4.34. The van der Waals surface area contributed by atoms with Gasteiger partial charge in [-0.05, 0) is 30.4 Å². The van der Waals surface area contributed by atoms with Gasteiger partial charge < -0.3 is 5.32 Å². The number of hydrogen-bond acceptors (Lipinski definition) is 4. The smallest absolute Gasteiger partial charge is 0.282 e. The molecule has 0 aromatic carbocycles. The first-order valence-corrected chi connectivity index (χ1v) is 7.18. The molecular formula is C11H16ClN3OS. The minimum Gasteiger partial charge on any atom is -0.347 e. The molecule has 1 aliphatic carbocycles. The van der Waals surface area contributed by atoms with E-state index in [0.717, 1.165) is 30.1 Å². The van der Waals surface area contributed by atoms with Crippen molar-refractivity contribution in [2.24, 2.45) is 5.92 Å². The molecule has 0 bridgehead atoms. The quantitative estimate of drug-likeness (QED) is 0.921. The Morgan fingerprint density at radius 1 is 1.53 bits per heavy atom. The van der Waals surface area contributed by atoms with Gasteiger partial charge in [-0.15, -0.1) is 10.2 Å². The number of aromatic nitrogens is 2. The predicted molar refractivity (Wildman–Crippen MR) is 68.4 cm³/mol. The maximum Gasteiger partial charge on any atom is 0.282 e. The lowest BCUT2D eigenvalue weighted by Crippen LogP contribution is -2.38. The molecule has 1 saturated carbocycles. The van der Waals surface area contributed by atoms with Crippen molar-refractivity contribution in [3.63, 3.8) is 0 Å². The molecule has 0 radical (unpaired) electrons. The Bertz CT molecular complexity index is 396. The van der Waals surface area contributed by atoms with Crippen LogP contribution in [0.2, 0.25) is 4.47 Å². The summed E-state index contributed by atoms with van der Waals surface area (Å²) in [7, 11) is 0. The second-order valence-electron chi connectivity index (χ2n) is 4.47. The molecule has 1 N–H and O–H groups in total. The van der Waals surface area contributed by atoms with Crippen LogP contribution in [0.4, 0.5) is 0 Å². The predicted octanol–water partition coefficient (Wildman–Crippen LogP) is 2.89. The number of hydrogen-bond donors (Lipinski definition) is 1. The largest absolute Gasteiger partial charge is 0.347 e. The molecule has 2 unspecified atom stereocenters. The molecule has 6 heteroatoms. The number of carbonyl (C=O) groups is 1. The highest BCUT2D eigenvalue weighted by atomic mass is 35.5. The van der Waals surface area contributed by atoms with Gasteiger partial charge in [0.15, 0.2) is 0 Å². The molecule has 94 valence electrons. The third kappa shape index (κ3) is 3.39. The van der Waals surface area contributed by atoms with Gasteiger partial charge in [-0.3, -0.25) is 4.79 Å². The van der Waals surface area contributed by atoms with Crippen LogP contribution in [0.1, 0.15) is 48.8 Å². The number of halogens is 1. The molecule has 0 saturated heterocycles. The topological polar surface area (TPSA) is 54.9 Å². The van der Waals surface area contributed by atoms with E-state index in [1.807, 2.05) is 0 Å². The molecule has 0 spiro atoms. The molecule has 4 nitrogen and oxygen atoms in total. The van der Waals surface area contributed by atoms with Gasteiger partial charge in [0.1, 0.15) is 0 Å². The summed E-state index contributed by atoms with van der Waals surface area (Å²) in [5, 5.41) is 10.8. The highest BCUT2D eigenvalue weighted by molar-refractivity contribution is 7.17. The van der Waals surface area contributed by atoms with Gasteiger partial charge >= 0.3 is 0 Å². The van der Waals surface area contributed by atoms with E-state index in [0.29, 0.717) is 9.47 Å². The molecule has 1 aromatic rings. The Hall–Kier alpha value is -0.680. The minimum atomic E-state index is -0.142. The third-order valence-electron chi connectivity index (χ3n) is 3.29. The van der Waals surface area contributed by atoms with Crippen molar-refractivity contribution in [3.8, 4) is 0 Å². The minimum absolute atomic E-state index is 0.142. The summed E-state index contributed by atoms with van der Waals surface area (Å²) in [4.78, 5) is 11.9. The summed E-state index contributed by atoms with van der Waals surface area (Å²) in [6.45, 7) is 2.21. The van der Waals surface area contributed by atoms with Crippen LogP contribution in [0, 0.1) is 5.92 Å². The molecule has 0 aliphatic heterocycles. The van der Waals surface area contributed by atoms with Gasteiger partial charge in [0.05, 0.1) is 0 Å². The van der Waals surface area contributed by atoms with Crippen molar-refractivity contribution >= 4 is 28.8 Å². The average Bonchev–Trinajstić information content (AvgIpc) is 2.76. The maximum absolute atomic E-state index is 11.9. The van der Waals surface area contributed by atoms with E-state index in [1.54, 1.807) is 0 Å². The lowest BCUT2D eigenvalue weighted by Gasteiger charge is -2.28. The van der Waals surface area contributed by atoms with Crippen molar-refractivity contribution in [2.75, 3.05) is 0 Å². The number of amides is 1. The Balaban J connectivity index is 1.90. The van der Waals surface area contributed by atoms with Crippen LogP contribution >= 0.6 is 22.9 Å². The summed E-state index contributed by atoms with van der Waals surface area (Å²) >= 11 is 6.78. The van der Waals surface area contributed by atoms with Crippen LogP contribution in [0.3, 0.4) is 0 Å². The summed E-state index contributed by atoms with van der Waals surface area (Å²) < 4.78 is 0.310. The normalized spacial score (nSPS) is 24.6. The molecule has 2 rings (SSSR count). The fourth-order valence-corrected chi connectivity index (χ4v) is 3.07. The monoisotopic (exact) mass is 273 g/mol. The summed E-state index contributed by atoms with van der Waals surface area (Å²) in [5.41, 5.74) is 0. The summed E-state index contributed by atoms with van der Waals surface area (Å²) in [5.74, 6) is 0.600. The molecule has 1 aromatic heterocycles. The molecule has 1 amide bonds. The first-order chi connectivity index (χ1) is 8.19. The standard InChI is InChI=1S/C11H16ClN3OS/c1-2-7-4-3-5-8(6-7)13-9(16)10-14-15-11(12)17-10/h7-8H,2-6H2,1H3,(H,13,16). The van der Waals surface area contributed by atoms with Gasteiger partial charge in [-0.2, -0.15) is 0 Å². The lowest BCUT2D eigenvalue weighted by atomic mass is 9.84. The SMILES string of the molecule is CCC1CCCC(NC(=O)c2nnc(Cl)s2)C1.